The molecular weight excluding hydrogens is 357 g/mol. The first-order valence-corrected chi connectivity index (χ1v) is 7.46. The van der Waals surface area contributed by atoms with Crippen LogP contribution in [0, 0.1) is 6.92 Å². The Kier molecular flexibility index (Phi) is 3.83. The number of ether oxygens (including phenoxy) is 1. The van der Waals surface area contributed by atoms with Gasteiger partial charge in [-0.3, -0.25) is 9.64 Å². The van der Waals surface area contributed by atoms with Gasteiger partial charge in [0.1, 0.15) is 6.33 Å². The molecule has 25 heavy (non-hydrogen) atoms. The van der Waals surface area contributed by atoms with E-state index in [0.29, 0.717) is 16.6 Å². The second kappa shape index (κ2) is 5.24. The molecule has 2 atom stereocenters. The summed E-state index contributed by atoms with van der Waals surface area (Å²) >= 11 is 0. The highest BCUT2D eigenvalue weighted by molar-refractivity contribution is 7.19. The summed E-state index contributed by atoms with van der Waals surface area (Å²) in [4.78, 5) is 8.13. The van der Waals surface area contributed by atoms with Crippen LogP contribution >= 0.6 is 9.24 Å². The zero-order chi connectivity index (χ0) is 18.8. The van der Waals surface area contributed by atoms with Gasteiger partial charge in [-0.15, -0.1) is 0 Å². The number of anilines is 1. The maximum absolute atomic E-state index is 10.4. The molecule has 1 saturated heterocycles. The molecule has 2 aromatic rings. The highest BCUT2D eigenvalue weighted by atomic mass is 31.0. The van der Waals surface area contributed by atoms with E-state index in [9.17, 15) is 35.7 Å². The number of aliphatic hydroxyl groups is 7. The number of morpholine rings is 1. The molecule has 1 fully saturated rings. The van der Waals surface area contributed by atoms with Gasteiger partial charge < -0.3 is 35.7 Å². The van der Waals surface area contributed by atoms with Gasteiger partial charge in [0.25, 0.3) is 0 Å². The molecule has 0 aliphatic carbocycles. The second-order valence-electron chi connectivity index (χ2n) is 5.68. The fourth-order valence-electron chi connectivity index (χ4n) is 2.57. The summed E-state index contributed by atoms with van der Waals surface area (Å²) in [5, 5.41) is 70.3. The minimum Gasteiger partial charge on any atom is -0.361 e. The molecule has 1 aliphatic rings. The van der Waals surface area contributed by atoms with Crippen molar-refractivity contribution in [2.75, 3.05) is 4.90 Å². The highest BCUT2D eigenvalue weighted by Gasteiger charge is 2.72. The van der Waals surface area contributed by atoms with Gasteiger partial charge in [0.2, 0.25) is 5.47 Å². The van der Waals surface area contributed by atoms with Crippen LogP contribution in [0.25, 0.3) is 10.9 Å². The van der Waals surface area contributed by atoms with Gasteiger partial charge in [0.15, 0.2) is 0 Å². The summed E-state index contributed by atoms with van der Waals surface area (Å²) in [6, 6.07) is 3.98. The van der Waals surface area contributed by atoms with Gasteiger partial charge in [0.05, 0.1) is 5.52 Å². The van der Waals surface area contributed by atoms with Crippen molar-refractivity contribution in [3.8, 4) is 0 Å². The molecule has 2 heterocycles. The highest BCUT2D eigenvalue weighted by Crippen LogP contribution is 2.48. The molecule has 1 aromatic carbocycles. The van der Waals surface area contributed by atoms with E-state index in [4.69, 9.17) is 0 Å². The summed E-state index contributed by atoms with van der Waals surface area (Å²) in [5.41, 5.74) is -2.29. The van der Waals surface area contributed by atoms with Crippen molar-refractivity contribution in [3.63, 3.8) is 0 Å². The van der Waals surface area contributed by atoms with E-state index in [1.807, 2.05) is 0 Å². The van der Waals surface area contributed by atoms with Crippen LogP contribution in [0.5, 0.6) is 0 Å². The zero-order valence-corrected chi connectivity index (χ0v) is 13.9. The number of benzene rings is 1. The van der Waals surface area contributed by atoms with Gasteiger partial charge in [-0.25, -0.2) is 9.97 Å². The van der Waals surface area contributed by atoms with Gasteiger partial charge in [-0.1, -0.05) is 9.24 Å². The van der Waals surface area contributed by atoms with Crippen molar-refractivity contribution in [3.05, 3.63) is 30.2 Å². The fourth-order valence-corrected chi connectivity index (χ4v) is 2.95. The van der Waals surface area contributed by atoms with Gasteiger partial charge in [-0.2, -0.15) is 0 Å². The molecule has 0 bridgehead atoms. The van der Waals surface area contributed by atoms with Crippen LogP contribution in [0.1, 0.15) is 5.69 Å². The molecule has 0 spiro atoms. The topological polar surface area (TPSA) is 180 Å². The number of hydrogen-bond acceptors (Lipinski definition) is 11. The largest absolute Gasteiger partial charge is 0.362 e. The molecule has 0 radical (unpaired) electrons. The van der Waals surface area contributed by atoms with Crippen molar-refractivity contribution >= 4 is 25.8 Å². The van der Waals surface area contributed by atoms with Crippen LogP contribution < -0.4 is 4.90 Å². The number of aryl methyl sites for hydroxylation is 1. The normalized spacial score (nSPS) is 27.5. The van der Waals surface area contributed by atoms with Crippen LogP contribution in [0.4, 0.5) is 5.69 Å². The first kappa shape index (κ1) is 18.3. The summed E-state index contributed by atoms with van der Waals surface area (Å²) in [6.45, 7) is 1.71. The average Bonchev–Trinajstić information content (AvgIpc) is 2.44. The lowest BCUT2D eigenvalue weighted by Crippen LogP contribution is -2.82. The molecule has 3 rings (SSSR count). The first-order valence-electron chi connectivity index (χ1n) is 6.88. The Morgan fingerprint density at radius 1 is 1.00 bits per heavy atom. The third kappa shape index (κ3) is 2.49. The van der Waals surface area contributed by atoms with Gasteiger partial charge >= 0.3 is 17.9 Å². The Hall–Kier alpha value is -1.53. The van der Waals surface area contributed by atoms with E-state index in [2.05, 4.69) is 14.7 Å². The fraction of sp³-hybridized carbons (Fsp3) is 0.385. The monoisotopic (exact) mass is 373 g/mol. The van der Waals surface area contributed by atoms with Crippen LogP contribution in [0.3, 0.4) is 0 Å². The molecule has 1 aliphatic heterocycles. The minimum atomic E-state index is -3.87. The Labute approximate surface area is 142 Å². The molecule has 12 heteroatoms. The number of rotatable bonds is 1. The summed E-state index contributed by atoms with van der Waals surface area (Å²) in [5.74, 6) is -11.1. The van der Waals surface area contributed by atoms with Crippen molar-refractivity contribution in [2.24, 2.45) is 0 Å². The van der Waals surface area contributed by atoms with Crippen molar-refractivity contribution in [2.45, 2.75) is 30.2 Å². The average molecular weight is 373 g/mol. The summed E-state index contributed by atoms with van der Waals surface area (Å²) in [7, 11) is 1.54. The third-order valence-corrected chi connectivity index (χ3v) is 4.57. The van der Waals surface area contributed by atoms with E-state index < -0.39 is 23.3 Å². The quantitative estimate of drug-likeness (QED) is 0.203. The van der Waals surface area contributed by atoms with Crippen LogP contribution in [0.15, 0.2) is 24.5 Å². The van der Waals surface area contributed by atoms with E-state index in [-0.39, 0.29) is 10.6 Å². The van der Waals surface area contributed by atoms with Gasteiger partial charge in [-0.05, 0) is 25.1 Å². The first-order chi connectivity index (χ1) is 11.3. The van der Waals surface area contributed by atoms with Gasteiger partial charge in [0, 0.05) is 16.8 Å². The van der Waals surface area contributed by atoms with Crippen molar-refractivity contribution in [1.29, 1.82) is 0 Å². The number of fused-ring (bicyclic) bond motifs is 1. The summed E-state index contributed by atoms with van der Waals surface area (Å²) in [6.07, 6.45) is 1.25. The van der Waals surface area contributed by atoms with E-state index in [0.717, 1.165) is 0 Å². The Morgan fingerprint density at radius 3 is 2.28 bits per heavy atom. The molecular formula is C13H16N3O8P. The van der Waals surface area contributed by atoms with Crippen molar-refractivity contribution < 1.29 is 40.5 Å². The third-order valence-electron chi connectivity index (χ3n) is 3.93. The second-order valence-corrected chi connectivity index (χ2v) is 6.48. The number of nitrogens with zero attached hydrogens (tertiary/aromatic N) is 3. The molecule has 1 aromatic heterocycles. The Morgan fingerprint density at radius 2 is 1.64 bits per heavy atom. The van der Waals surface area contributed by atoms with E-state index >= 15 is 0 Å². The van der Waals surface area contributed by atoms with E-state index in [1.165, 1.54) is 24.5 Å². The number of hydrogen-bond donors (Lipinski definition) is 7. The molecule has 11 nitrogen and oxygen atoms in total. The van der Waals surface area contributed by atoms with Crippen molar-refractivity contribution in [1.82, 2.24) is 9.97 Å². The standard InChI is InChI=1S/C13H16N3O8P/c1-6-8-3-2-7(4-9(8)15-5-14-6)16-10(17,18)12(20,21)24-13(22,23)11(16,19)25/h2-5,17-23H,25H2,1H3. The molecule has 7 N–H and O–H groups in total. The predicted octanol–water partition coefficient (Wildman–Crippen LogP) is -2.79. The van der Waals surface area contributed by atoms with Crippen LogP contribution in [-0.2, 0) is 4.74 Å². The minimum absolute atomic E-state index is 0.144. The zero-order valence-electron chi connectivity index (χ0n) is 12.8. The molecule has 136 valence electrons. The Bertz CT molecular complexity index is 815. The van der Waals surface area contributed by atoms with E-state index in [1.54, 1.807) is 16.2 Å². The maximum Gasteiger partial charge on any atom is 0.362 e. The summed E-state index contributed by atoms with van der Waals surface area (Å²) < 4.78 is 4.03. The molecule has 0 saturated carbocycles. The maximum atomic E-state index is 10.4. The molecule has 0 amide bonds. The lowest BCUT2D eigenvalue weighted by molar-refractivity contribution is -0.574. The predicted molar refractivity (Wildman–Crippen MR) is 84.0 cm³/mol. The van der Waals surface area contributed by atoms with Crippen LogP contribution in [0.2, 0.25) is 0 Å². The smallest absolute Gasteiger partial charge is 0.361 e. The van der Waals surface area contributed by atoms with Crippen LogP contribution in [-0.4, -0.2) is 69.0 Å². The SMILES string of the molecule is Cc1ncnc2cc(N3C(O)(O)C(O)(O)OC(O)(O)C3(O)P)ccc12. The molecule has 2 unspecified atom stereocenters. The number of aromatic nitrogens is 2. The Balaban J connectivity index is 2.24. The lowest BCUT2D eigenvalue weighted by Gasteiger charge is -2.57. The lowest BCUT2D eigenvalue weighted by atomic mass is 10.1.